The van der Waals surface area contributed by atoms with Crippen molar-refractivity contribution in [3.05, 3.63) is 24.3 Å². The van der Waals surface area contributed by atoms with Crippen LogP contribution in [0.3, 0.4) is 0 Å². The minimum Gasteiger partial charge on any atom is -0.462 e. The number of rotatable bonds is 34. The van der Waals surface area contributed by atoms with Crippen LogP contribution in [-0.4, -0.2) is 41.0 Å². The van der Waals surface area contributed by atoms with Gasteiger partial charge in [-0.05, 0) is 38.5 Å². The first-order valence-corrected chi connectivity index (χ1v) is 20.2. The molecule has 2 N–H and O–H groups in total. The Bertz CT molecular complexity index is 807. The highest BCUT2D eigenvalue weighted by Crippen LogP contribution is 2.36. The summed E-state index contributed by atoms with van der Waals surface area (Å²) in [5, 5.41) is 0. The molecule has 1 atom stereocenters. The summed E-state index contributed by atoms with van der Waals surface area (Å²) in [6.45, 7) is 3.64. The third-order valence-electron chi connectivity index (χ3n) is 8.00. The standard InChI is InChI=1S/C37H69O8P/c1-3-5-7-9-11-13-15-17-18-20-21-23-25-27-29-31-36(38)43-33-35(34-44-46(40,41)42)45-37(39)32-30-28-26-24-22-19-16-14-12-10-8-6-4-2/h13,15,17-18,35H,3-12,14,16,19-34H2,1-2H3,(H2,40,41,42)/b15-13+,18-17+/t35-/m1/s1. The van der Waals surface area contributed by atoms with Gasteiger partial charge >= 0.3 is 19.8 Å². The number of unbranched alkanes of at least 4 members (excludes halogenated alkanes) is 21. The number of phosphoric acid groups is 1. The number of carbonyl (C=O) groups is 2. The molecule has 0 radical (unpaired) electrons. The van der Waals surface area contributed by atoms with Gasteiger partial charge in [0.25, 0.3) is 0 Å². The van der Waals surface area contributed by atoms with Crippen LogP contribution < -0.4 is 0 Å². The van der Waals surface area contributed by atoms with Gasteiger partial charge in [-0.15, -0.1) is 0 Å². The van der Waals surface area contributed by atoms with E-state index < -0.39 is 32.5 Å². The summed E-state index contributed by atoms with van der Waals surface area (Å²) in [5.74, 6) is -0.898. The maximum Gasteiger partial charge on any atom is 0.469 e. The van der Waals surface area contributed by atoms with Crippen LogP contribution in [0, 0.1) is 0 Å². The fraction of sp³-hybridized carbons (Fsp3) is 0.838. The monoisotopic (exact) mass is 672 g/mol. The Morgan fingerprint density at radius 3 is 1.41 bits per heavy atom. The molecule has 0 bridgehead atoms. The van der Waals surface area contributed by atoms with E-state index in [1.807, 2.05) is 0 Å². The predicted molar refractivity (Wildman–Crippen MR) is 189 cm³/mol. The van der Waals surface area contributed by atoms with Crippen molar-refractivity contribution in [2.45, 2.75) is 187 Å². The van der Waals surface area contributed by atoms with Gasteiger partial charge in [0, 0.05) is 12.8 Å². The molecule has 0 aromatic heterocycles. The summed E-state index contributed by atoms with van der Waals surface area (Å²) in [6.07, 6.45) is 36.1. The third kappa shape index (κ3) is 35.4. The molecule has 270 valence electrons. The topological polar surface area (TPSA) is 119 Å². The molecule has 0 saturated carbocycles. The van der Waals surface area contributed by atoms with Crippen LogP contribution in [0.25, 0.3) is 0 Å². The fourth-order valence-electron chi connectivity index (χ4n) is 5.19. The number of allylic oxidation sites excluding steroid dienone is 4. The second-order valence-corrected chi connectivity index (χ2v) is 13.8. The Hall–Kier alpha value is -1.47. The summed E-state index contributed by atoms with van der Waals surface area (Å²) in [5.41, 5.74) is 0. The van der Waals surface area contributed by atoms with Gasteiger partial charge in [-0.2, -0.15) is 0 Å². The van der Waals surface area contributed by atoms with Gasteiger partial charge in [-0.3, -0.25) is 14.1 Å². The zero-order valence-electron chi connectivity index (χ0n) is 29.5. The molecule has 0 aliphatic carbocycles. The van der Waals surface area contributed by atoms with Crippen LogP contribution in [0.2, 0.25) is 0 Å². The van der Waals surface area contributed by atoms with E-state index in [1.54, 1.807) is 0 Å². The van der Waals surface area contributed by atoms with Crippen LogP contribution in [0.4, 0.5) is 0 Å². The van der Waals surface area contributed by atoms with Crippen molar-refractivity contribution in [2.75, 3.05) is 13.2 Å². The molecule has 9 heteroatoms. The van der Waals surface area contributed by atoms with Crippen LogP contribution in [-0.2, 0) is 28.2 Å². The lowest BCUT2D eigenvalue weighted by atomic mass is 10.0. The maximum atomic E-state index is 12.3. The van der Waals surface area contributed by atoms with E-state index in [2.05, 4.69) is 42.7 Å². The van der Waals surface area contributed by atoms with Crippen LogP contribution in [0.1, 0.15) is 181 Å². The highest BCUT2D eigenvalue weighted by Gasteiger charge is 2.22. The zero-order chi connectivity index (χ0) is 34.0. The largest absolute Gasteiger partial charge is 0.469 e. The lowest BCUT2D eigenvalue weighted by Gasteiger charge is -2.18. The van der Waals surface area contributed by atoms with Crippen molar-refractivity contribution in [3.8, 4) is 0 Å². The average Bonchev–Trinajstić information content (AvgIpc) is 3.02. The third-order valence-corrected chi connectivity index (χ3v) is 8.49. The zero-order valence-corrected chi connectivity index (χ0v) is 30.4. The van der Waals surface area contributed by atoms with E-state index in [9.17, 15) is 14.2 Å². The molecule has 0 aliphatic rings. The van der Waals surface area contributed by atoms with Crippen LogP contribution >= 0.6 is 7.82 Å². The average molecular weight is 673 g/mol. The van der Waals surface area contributed by atoms with Crippen LogP contribution in [0.5, 0.6) is 0 Å². The summed E-state index contributed by atoms with van der Waals surface area (Å²) in [6, 6.07) is 0. The molecule has 0 heterocycles. The van der Waals surface area contributed by atoms with Gasteiger partial charge in [0.2, 0.25) is 0 Å². The molecule has 0 saturated heterocycles. The molecule has 0 spiro atoms. The number of hydrogen-bond donors (Lipinski definition) is 2. The van der Waals surface area contributed by atoms with E-state index in [-0.39, 0.29) is 19.4 Å². The van der Waals surface area contributed by atoms with E-state index in [0.717, 1.165) is 57.8 Å². The predicted octanol–water partition coefficient (Wildman–Crippen LogP) is 10.8. The Morgan fingerprint density at radius 1 is 0.565 bits per heavy atom. The normalized spacial score (nSPS) is 12.7. The number of carbonyl (C=O) groups excluding carboxylic acids is 2. The summed E-state index contributed by atoms with van der Waals surface area (Å²) in [7, 11) is -4.75. The minimum atomic E-state index is -4.75. The number of hydrogen-bond acceptors (Lipinski definition) is 6. The molecule has 0 fully saturated rings. The van der Waals surface area contributed by atoms with Crippen molar-refractivity contribution < 1.29 is 37.9 Å². The Morgan fingerprint density at radius 2 is 0.957 bits per heavy atom. The van der Waals surface area contributed by atoms with Crippen molar-refractivity contribution in [1.82, 2.24) is 0 Å². The highest BCUT2D eigenvalue weighted by atomic mass is 31.2. The van der Waals surface area contributed by atoms with E-state index in [1.165, 1.54) is 83.5 Å². The SMILES string of the molecule is CCCCCC/C=C/C=C/CCCCCCCC(=O)OC[C@H](COP(=O)(O)O)OC(=O)CCCCCCCCCCCCCCC. The molecular formula is C37H69O8P. The number of ether oxygens (including phenoxy) is 2. The van der Waals surface area contributed by atoms with Gasteiger partial charge in [-0.1, -0.05) is 154 Å². The molecule has 8 nitrogen and oxygen atoms in total. The molecule has 46 heavy (non-hydrogen) atoms. The first kappa shape index (κ1) is 44.5. The lowest BCUT2D eigenvalue weighted by Crippen LogP contribution is -2.29. The molecule has 0 aromatic rings. The first-order chi connectivity index (χ1) is 22.3. The quantitative estimate of drug-likeness (QED) is 0.0300. The number of phosphoric ester groups is 1. The minimum absolute atomic E-state index is 0.212. The van der Waals surface area contributed by atoms with Crippen LogP contribution in [0.15, 0.2) is 24.3 Å². The summed E-state index contributed by atoms with van der Waals surface area (Å²) in [4.78, 5) is 42.6. The molecular weight excluding hydrogens is 603 g/mol. The second kappa shape index (κ2) is 33.4. The molecule has 0 aliphatic heterocycles. The fourth-order valence-corrected chi connectivity index (χ4v) is 5.55. The molecule has 0 rings (SSSR count). The van der Waals surface area contributed by atoms with E-state index in [4.69, 9.17) is 19.3 Å². The highest BCUT2D eigenvalue weighted by molar-refractivity contribution is 7.46. The molecule has 0 amide bonds. The van der Waals surface area contributed by atoms with Gasteiger partial charge < -0.3 is 19.3 Å². The smallest absolute Gasteiger partial charge is 0.462 e. The first-order valence-electron chi connectivity index (χ1n) is 18.6. The van der Waals surface area contributed by atoms with E-state index in [0.29, 0.717) is 12.8 Å². The van der Waals surface area contributed by atoms with Crippen molar-refractivity contribution in [3.63, 3.8) is 0 Å². The number of esters is 2. The maximum absolute atomic E-state index is 12.3. The lowest BCUT2D eigenvalue weighted by molar-refractivity contribution is -0.161. The van der Waals surface area contributed by atoms with Gasteiger partial charge in [-0.25, -0.2) is 4.57 Å². The van der Waals surface area contributed by atoms with Gasteiger partial charge in [0.1, 0.15) is 6.61 Å². The van der Waals surface area contributed by atoms with Crippen molar-refractivity contribution in [1.29, 1.82) is 0 Å². The summed E-state index contributed by atoms with van der Waals surface area (Å²) >= 11 is 0. The Kier molecular flexibility index (Phi) is 32.4. The van der Waals surface area contributed by atoms with Gasteiger partial charge in [0.15, 0.2) is 6.10 Å². The summed E-state index contributed by atoms with van der Waals surface area (Å²) < 4.78 is 26.3. The molecule has 0 aromatic carbocycles. The Balaban J connectivity index is 3.99. The van der Waals surface area contributed by atoms with Crippen molar-refractivity contribution >= 4 is 19.8 Å². The molecule has 0 unspecified atom stereocenters. The van der Waals surface area contributed by atoms with Crippen molar-refractivity contribution in [2.24, 2.45) is 0 Å². The second-order valence-electron chi connectivity index (χ2n) is 12.6. The van der Waals surface area contributed by atoms with E-state index >= 15 is 0 Å². The van der Waals surface area contributed by atoms with Gasteiger partial charge in [0.05, 0.1) is 6.61 Å². The Labute approximate surface area is 281 Å².